The van der Waals surface area contributed by atoms with Crippen molar-refractivity contribution in [1.82, 2.24) is 39.2 Å². The highest BCUT2D eigenvalue weighted by Crippen LogP contribution is 2.41. The van der Waals surface area contributed by atoms with Crippen LogP contribution in [-0.4, -0.2) is 216 Å². The molecule has 0 N–H and O–H groups in total. The Morgan fingerprint density at radius 1 is 0.436 bits per heavy atom. The third-order valence-corrected chi connectivity index (χ3v) is 14.2. The summed E-state index contributed by atoms with van der Waals surface area (Å²) >= 11 is 0. The zero-order valence-electron chi connectivity index (χ0n) is 54.9. The fraction of sp³-hybridized carbons (Fsp3) is 0.935. The second kappa shape index (κ2) is 26.9. The summed E-state index contributed by atoms with van der Waals surface area (Å²) in [6, 6.07) is 1.18. The second-order valence-electron chi connectivity index (χ2n) is 32.8. The molecule has 0 aromatic rings. The Hall–Kier alpha value is -3.08. The maximum absolute atomic E-state index is 12.1. The highest BCUT2D eigenvalue weighted by Gasteiger charge is 2.49. The van der Waals surface area contributed by atoms with E-state index in [-0.39, 0.29) is 24.4 Å². The minimum Gasteiger partial charge on any atom is -0.444 e. The van der Waals surface area contributed by atoms with E-state index in [2.05, 4.69) is 103 Å². The molecule has 0 saturated carbocycles. The highest BCUT2D eigenvalue weighted by molar-refractivity contribution is 5.70. The molecule has 16 nitrogen and oxygen atoms in total. The maximum Gasteiger partial charge on any atom is 0.410 e. The van der Waals surface area contributed by atoms with Crippen molar-refractivity contribution in [2.24, 2.45) is 27.1 Å². The molecular formula is C62H120N8O8. The SMILES string of the molecule is CC(C)(C)CN1CC2CC1CN2C(=O)OC(C)(C)C.CC(C)(C)CN1CCC2(CC1)CN(C(=O)OC(C)(C)C)C2.CC(C)(C)CN1CCN(C(=O)OC(C)(C)C)CC1.CN(C(=O)OC(C)(C)C)C1CCN(CC(C)(C)C)CC1. The summed E-state index contributed by atoms with van der Waals surface area (Å²) in [5.41, 5.74) is 0.0923. The van der Waals surface area contributed by atoms with Gasteiger partial charge in [0.25, 0.3) is 0 Å². The van der Waals surface area contributed by atoms with Crippen molar-refractivity contribution in [3.63, 3.8) is 0 Å². The molecule has 0 aliphatic carbocycles. The summed E-state index contributed by atoms with van der Waals surface area (Å²) in [7, 11) is 1.86. The third-order valence-electron chi connectivity index (χ3n) is 14.2. The van der Waals surface area contributed by atoms with Crippen LogP contribution in [-0.2, 0) is 18.9 Å². The van der Waals surface area contributed by atoms with Gasteiger partial charge >= 0.3 is 24.4 Å². The summed E-state index contributed by atoms with van der Waals surface area (Å²) in [5.74, 6) is 0. The minimum absolute atomic E-state index is 0.143. The Morgan fingerprint density at radius 3 is 1.18 bits per heavy atom. The number of hydrogen-bond acceptors (Lipinski definition) is 12. The van der Waals surface area contributed by atoms with Crippen LogP contribution < -0.4 is 0 Å². The van der Waals surface area contributed by atoms with Crippen LogP contribution >= 0.6 is 0 Å². The van der Waals surface area contributed by atoms with Gasteiger partial charge in [-0.25, -0.2) is 19.2 Å². The summed E-state index contributed by atoms with van der Waals surface area (Å²) in [5, 5.41) is 0. The van der Waals surface area contributed by atoms with E-state index in [0.717, 1.165) is 104 Å². The Balaban J connectivity index is 0.000000274. The molecule has 6 aliphatic rings. The topological polar surface area (TPSA) is 131 Å². The number of hydrogen-bond donors (Lipinski definition) is 0. The van der Waals surface area contributed by atoms with Gasteiger partial charge in [-0.2, -0.15) is 0 Å². The van der Waals surface area contributed by atoms with Crippen LogP contribution in [0.1, 0.15) is 198 Å². The van der Waals surface area contributed by atoms with Gasteiger partial charge in [0.1, 0.15) is 22.4 Å². The standard InChI is InChI=1S/C17H32N2O2.C16H32N2O2.C15H28N2O2.C14H28N2O2/c1-15(2,3)11-18-9-7-17(8-10-18)12-19(13-17)14(20)21-16(4,5)6;1-15(2,3)12-18-10-8-13(9-11-18)17(7)14(19)20-16(4,5)6;1-14(2,3)10-16-8-12-7-11(16)9-17(12)13(18)19-15(4,5)6;1-13(2,3)11-15-7-9-16(10-8-15)12(17)18-14(4,5)6/h7-13H2,1-6H3;13H,8-12H2,1-7H3;11-12H,7-10H2,1-6H3;7-11H2,1-6H3. The molecule has 6 heterocycles. The van der Waals surface area contributed by atoms with Crippen LogP contribution in [0.2, 0.25) is 0 Å². The molecule has 456 valence electrons. The molecular weight excluding hydrogens is 985 g/mol. The molecule has 6 fully saturated rings. The smallest absolute Gasteiger partial charge is 0.410 e. The first-order chi connectivity index (χ1) is 35.1. The summed E-state index contributed by atoms with van der Waals surface area (Å²) in [6.07, 6.45) is 4.92. The van der Waals surface area contributed by atoms with Crippen LogP contribution in [0.5, 0.6) is 0 Å². The van der Waals surface area contributed by atoms with Crippen molar-refractivity contribution in [2.45, 2.75) is 239 Å². The molecule has 6 rings (SSSR count). The van der Waals surface area contributed by atoms with E-state index in [4.69, 9.17) is 18.9 Å². The van der Waals surface area contributed by atoms with Gasteiger partial charge in [-0.15, -0.1) is 0 Å². The lowest BCUT2D eigenvalue weighted by atomic mass is 9.72. The van der Waals surface area contributed by atoms with Gasteiger partial charge < -0.3 is 48.3 Å². The van der Waals surface area contributed by atoms with Crippen LogP contribution in [0, 0.1) is 27.1 Å². The normalized spacial score (nSPS) is 22.2. The van der Waals surface area contributed by atoms with Gasteiger partial charge in [0.2, 0.25) is 0 Å². The number of carbonyl (C=O) groups is 4. The fourth-order valence-corrected chi connectivity index (χ4v) is 11.2. The number of piperazine rings is 2. The van der Waals surface area contributed by atoms with Crippen LogP contribution in [0.15, 0.2) is 0 Å². The van der Waals surface area contributed by atoms with Crippen molar-refractivity contribution >= 4 is 24.4 Å². The molecule has 6 aliphatic heterocycles. The molecule has 78 heavy (non-hydrogen) atoms. The third kappa shape index (κ3) is 26.7. The number of nitrogens with zero attached hydrogens (tertiary/aromatic N) is 8. The Morgan fingerprint density at radius 2 is 0.808 bits per heavy atom. The van der Waals surface area contributed by atoms with E-state index < -0.39 is 22.4 Å². The van der Waals surface area contributed by atoms with Crippen LogP contribution in [0.25, 0.3) is 0 Å². The van der Waals surface area contributed by atoms with Crippen molar-refractivity contribution in [3.8, 4) is 0 Å². The first-order valence-electron chi connectivity index (χ1n) is 29.9. The number of rotatable bonds is 5. The monoisotopic (exact) mass is 1100 g/mol. The van der Waals surface area contributed by atoms with Gasteiger partial charge in [-0.05, 0) is 150 Å². The largest absolute Gasteiger partial charge is 0.444 e. The predicted molar refractivity (Wildman–Crippen MR) is 318 cm³/mol. The second-order valence-corrected chi connectivity index (χ2v) is 32.8. The zero-order valence-corrected chi connectivity index (χ0v) is 54.9. The summed E-state index contributed by atoms with van der Waals surface area (Å²) < 4.78 is 21.7. The van der Waals surface area contributed by atoms with E-state index in [9.17, 15) is 19.2 Å². The lowest BCUT2D eigenvalue weighted by molar-refractivity contribution is -0.0617. The van der Waals surface area contributed by atoms with Gasteiger partial charge in [0.15, 0.2) is 0 Å². The van der Waals surface area contributed by atoms with Gasteiger partial charge in [0, 0.05) is 122 Å². The van der Waals surface area contributed by atoms with Gasteiger partial charge in [-0.3, -0.25) is 9.80 Å². The average Bonchev–Trinajstić information content (AvgIpc) is 3.80. The van der Waals surface area contributed by atoms with E-state index in [1.165, 1.54) is 32.5 Å². The predicted octanol–water partition coefficient (Wildman–Crippen LogP) is 12.0. The van der Waals surface area contributed by atoms with E-state index in [1.807, 2.05) is 105 Å². The average molecular weight is 1110 g/mol. The number of ether oxygens (including phenoxy) is 4. The van der Waals surface area contributed by atoms with Crippen LogP contribution in [0.4, 0.5) is 19.2 Å². The van der Waals surface area contributed by atoms with Crippen molar-refractivity contribution in [1.29, 1.82) is 0 Å². The minimum atomic E-state index is -0.418. The Labute approximate surface area is 477 Å². The first kappa shape index (κ1) is 69.2. The molecule has 0 radical (unpaired) electrons. The zero-order chi connectivity index (χ0) is 59.8. The fourth-order valence-electron chi connectivity index (χ4n) is 11.2. The highest BCUT2D eigenvalue weighted by atomic mass is 16.6. The van der Waals surface area contributed by atoms with Crippen molar-refractivity contribution in [2.75, 3.05) is 112 Å². The maximum atomic E-state index is 12.1. The molecule has 2 bridgehead atoms. The lowest BCUT2D eigenvalue weighted by Crippen LogP contribution is -2.62. The molecule has 0 aromatic heterocycles. The number of fused-ring (bicyclic) bond motifs is 2. The first-order valence-corrected chi connectivity index (χ1v) is 29.9. The Kier molecular flexibility index (Phi) is 23.8. The molecule has 2 unspecified atom stereocenters. The lowest BCUT2D eigenvalue weighted by Gasteiger charge is -2.54. The molecule has 0 aromatic carbocycles. The summed E-state index contributed by atoms with van der Waals surface area (Å²) in [6.45, 7) is 66.1. The van der Waals surface area contributed by atoms with E-state index in [0.29, 0.717) is 45.2 Å². The number of carbonyl (C=O) groups excluding carboxylic acids is 4. The summed E-state index contributed by atoms with van der Waals surface area (Å²) in [4.78, 5) is 65.5. The number of amides is 4. The number of likely N-dealkylation sites (tertiary alicyclic amines) is 5. The molecule has 4 amide bonds. The Bertz CT molecular complexity index is 1870. The van der Waals surface area contributed by atoms with E-state index >= 15 is 0 Å². The quantitative estimate of drug-likeness (QED) is 0.243. The molecule has 1 spiro atoms. The van der Waals surface area contributed by atoms with Gasteiger partial charge in [0.05, 0.1) is 0 Å². The molecule has 2 atom stereocenters. The van der Waals surface area contributed by atoms with Crippen molar-refractivity contribution in [3.05, 3.63) is 0 Å². The van der Waals surface area contributed by atoms with Crippen molar-refractivity contribution < 1.29 is 38.1 Å². The van der Waals surface area contributed by atoms with Gasteiger partial charge in [-0.1, -0.05) is 83.1 Å². The van der Waals surface area contributed by atoms with E-state index in [1.54, 1.807) is 4.90 Å². The molecule has 16 heteroatoms. The molecule has 6 saturated heterocycles. The number of piperidine rings is 2. The van der Waals surface area contributed by atoms with Crippen LogP contribution in [0.3, 0.4) is 0 Å².